The number of amides is 1. The highest BCUT2D eigenvalue weighted by molar-refractivity contribution is 5.94. The van der Waals surface area contributed by atoms with E-state index in [2.05, 4.69) is 0 Å². The van der Waals surface area contributed by atoms with E-state index >= 15 is 0 Å². The zero-order valence-electron chi connectivity index (χ0n) is 9.69. The Morgan fingerprint density at radius 3 is 2.71 bits per heavy atom. The van der Waals surface area contributed by atoms with Crippen LogP contribution in [0.4, 0.5) is 0 Å². The number of primary amides is 1. The van der Waals surface area contributed by atoms with E-state index in [1.807, 2.05) is 24.3 Å². The van der Waals surface area contributed by atoms with E-state index in [0.717, 1.165) is 11.3 Å². The van der Waals surface area contributed by atoms with E-state index in [1.54, 1.807) is 20.1 Å². The average Bonchev–Trinajstić information content (AvgIpc) is 2.71. The first-order chi connectivity index (χ1) is 8.11. The first-order valence-electron chi connectivity index (χ1n) is 5.16. The number of ether oxygens (including phenoxy) is 1. The van der Waals surface area contributed by atoms with Gasteiger partial charge in [0, 0.05) is 5.56 Å². The Kier molecular flexibility index (Phi) is 2.87. The minimum Gasteiger partial charge on any atom is -0.497 e. The maximum absolute atomic E-state index is 11.1. The van der Waals surface area contributed by atoms with Gasteiger partial charge in [0.25, 0.3) is 5.91 Å². The second kappa shape index (κ2) is 4.33. The normalized spacial score (nSPS) is 10.2. The third-order valence-electron chi connectivity index (χ3n) is 2.54. The van der Waals surface area contributed by atoms with E-state index in [4.69, 9.17) is 14.9 Å². The Bertz CT molecular complexity index is 558. The number of rotatable bonds is 3. The summed E-state index contributed by atoms with van der Waals surface area (Å²) in [7, 11) is 1.60. The molecule has 1 amide bonds. The minimum atomic E-state index is -0.486. The Balaban J connectivity index is 2.46. The maximum Gasteiger partial charge on any atom is 0.252 e. The van der Waals surface area contributed by atoms with Crippen molar-refractivity contribution in [2.24, 2.45) is 5.73 Å². The van der Waals surface area contributed by atoms with Crippen LogP contribution in [0.2, 0.25) is 0 Å². The molecule has 0 radical (unpaired) electrons. The molecule has 1 aromatic heterocycles. The Labute approximate surface area is 99.0 Å². The fourth-order valence-corrected chi connectivity index (χ4v) is 1.65. The molecule has 4 heteroatoms. The SMILES string of the molecule is COc1cccc(-c2cc(C(N)=O)c(C)o2)c1. The van der Waals surface area contributed by atoms with Crippen LogP contribution in [0, 0.1) is 6.92 Å². The van der Waals surface area contributed by atoms with Crippen LogP contribution in [0.1, 0.15) is 16.1 Å². The molecule has 0 atom stereocenters. The van der Waals surface area contributed by atoms with Crippen molar-refractivity contribution < 1.29 is 13.9 Å². The number of benzene rings is 1. The van der Waals surface area contributed by atoms with E-state index < -0.39 is 5.91 Å². The van der Waals surface area contributed by atoms with Crippen molar-refractivity contribution in [1.82, 2.24) is 0 Å². The van der Waals surface area contributed by atoms with E-state index in [0.29, 0.717) is 17.1 Å². The summed E-state index contributed by atoms with van der Waals surface area (Å²) in [5, 5.41) is 0. The lowest BCUT2D eigenvalue weighted by atomic mass is 10.1. The number of hydrogen-bond donors (Lipinski definition) is 1. The average molecular weight is 231 g/mol. The van der Waals surface area contributed by atoms with Crippen LogP contribution in [-0.4, -0.2) is 13.0 Å². The molecule has 1 aromatic carbocycles. The molecule has 0 saturated carbocycles. The van der Waals surface area contributed by atoms with Crippen LogP contribution in [0.3, 0.4) is 0 Å². The van der Waals surface area contributed by atoms with Gasteiger partial charge in [-0.3, -0.25) is 4.79 Å². The number of nitrogens with two attached hydrogens (primary N) is 1. The monoisotopic (exact) mass is 231 g/mol. The summed E-state index contributed by atoms with van der Waals surface area (Å²) in [6.45, 7) is 1.71. The van der Waals surface area contributed by atoms with Crippen molar-refractivity contribution in [1.29, 1.82) is 0 Å². The summed E-state index contributed by atoms with van der Waals surface area (Å²) in [4.78, 5) is 11.1. The van der Waals surface area contributed by atoms with E-state index in [1.165, 1.54) is 0 Å². The first kappa shape index (κ1) is 11.3. The molecule has 0 fully saturated rings. The highest BCUT2D eigenvalue weighted by Gasteiger charge is 2.13. The number of methoxy groups -OCH3 is 1. The lowest BCUT2D eigenvalue weighted by molar-refractivity contribution is 0.0999. The number of carbonyl (C=O) groups is 1. The van der Waals surface area contributed by atoms with Crippen LogP contribution in [0.15, 0.2) is 34.7 Å². The van der Waals surface area contributed by atoms with Gasteiger partial charge < -0.3 is 14.9 Å². The fourth-order valence-electron chi connectivity index (χ4n) is 1.65. The number of furan rings is 1. The molecule has 0 bridgehead atoms. The molecule has 2 rings (SSSR count). The Morgan fingerprint density at radius 1 is 1.35 bits per heavy atom. The Hall–Kier alpha value is -2.23. The molecule has 1 heterocycles. The second-order valence-corrected chi connectivity index (χ2v) is 3.68. The lowest BCUT2D eigenvalue weighted by Crippen LogP contribution is -2.10. The highest BCUT2D eigenvalue weighted by atomic mass is 16.5. The van der Waals surface area contributed by atoms with Crippen molar-refractivity contribution in [3.8, 4) is 17.1 Å². The van der Waals surface area contributed by atoms with Gasteiger partial charge in [0.1, 0.15) is 17.3 Å². The predicted molar refractivity (Wildman–Crippen MR) is 64.0 cm³/mol. The molecular weight excluding hydrogens is 218 g/mol. The van der Waals surface area contributed by atoms with Gasteiger partial charge in [-0.15, -0.1) is 0 Å². The topological polar surface area (TPSA) is 65.5 Å². The van der Waals surface area contributed by atoms with E-state index in [9.17, 15) is 4.79 Å². The van der Waals surface area contributed by atoms with Crippen molar-refractivity contribution in [2.45, 2.75) is 6.92 Å². The molecule has 2 N–H and O–H groups in total. The standard InChI is InChI=1S/C13H13NO3/c1-8-11(13(14)15)7-12(17-8)9-4-3-5-10(6-9)16-2/h3-7H,1-2H3,(H2,14,15). The molecule has 0 aliphatic rings. The van der Waals surface area contributed by atoms with Crippen LogP contribution in [-0.2, 0) is 0 Å². The molecule has 0 aliphatic heterocycles. The van der Waals surface area contributed by atoms with Crippen LogP contribution in [0.25, 0.3) is 11.3 Å². The van der Waals surface area contributed by atoms with Gasteiger partial charge in [-0.05, 0) is 25.1 Å². The molecule has 0 spiro atoms. The lowest BCUT2D eigenvalue weighted by Gasteiger charge is -2.01. The zero-order chi connectivity index (χ0) is 12.4. The molecule has 0 aliphatic carbocycles. The predicted octanol–water partition coefficient (Wildman–Crippen LogP) is 2.36. The molecule has 0 saturated heterocycles. The highest BCUT2D eigenvalue weighted by Crippen LogP contribution is 2.27. The third kappa shape index (κ3) is 2.15. The van der Waals surface area contributed by atoms with Gasteiger partial charge in [-0.1, -0.05) is 12.1 Å². The second-order valence-electron chi connectivity index (χ2n) is 3.68. The number of carbonyl (C=O) groups excluding carboxylic acids is 1. The van der Waals surface area contributed by atoms with Gasteiger partial charge in [0.05, 0.1) is 12.7 Å². The van der Waals surface area contributed by atoms with Crippen molar-refractivity contribution >= 4 is 5.91 Å². The molecule has 0 unspecified atom stereocenters. The minimum absolute atomic E-state index is 0.405. The van der Waals surface area contributed by atoms with Crippen LogP contribution in [0.5, 0.6) is 5.75 Å². The van der Waals surface area contributed by atoms with Gasteiger partial charge in [-0.2, -0.15) is 0 Å². The number of aryl methyl sites for hydroxylation is 1. The van der Waals surface area contributed by atoms with E-state index in [-0.39, 0.29) is 0 Å². The first-order valence-corrected chi connectivity index (χ1v) is 5.16. The summed E-state index contributed by atoms with van der Waals surface area (Å²) in [6, 6.07) is 9.06. The molecule has 2 aromatic rings. The van der Waals surface area contributed by atoms with Crippen molar-refractivity contribution in [2.75, 3.05) is 7.11 Å². The summed E-state index contributed by atoms with van der Waals surface area (Å²) in [6.07, 6.45) is 0. The van der Waals surface area contributed by atoms with Crippen molar-refractivity contribution in [3.05, 3.63) is 41.7 Å². The fraction of sp³-hybridized carbons (Fsp3) is 0.154. The maximum atomic E-state index is 11.1. The van der Waals surface area contributed by atoms with Gasteiger partial charge >= 0.3 is 0 Å². The molecular formula is C13H13NO3. The summed E-state index contributed by atoms with van der Waals surface area (Å²) in [5.41, 5.74) is 6.49. The molecule has 17 heavy (non-hydrogen) atoms. The summed E-state index contributed by atoms with van der Waals surface area (Å²) >= 11 is 0. The van der Waals surface area contributed by atoms with Gasteiger partial charge in [0.15, 0.2) is 0 Å². The third-order valence-corrected chi connectivity index (χ3v) is 2.54. The smallest absolute Gasteiger partial charge is 0.252 e. The van der Waals surface area contributed by atoms with Gasteiger partial charge in [0.2, 0.25) is 0 Å². The van der Waals surface area contributed by atoms with Crippen LogP contribution >= 0.6 is 0 Å². The molecule has 88 valence electrons. The zero-order valence-corrected chi connectivity index (χ0v) is 9.69. The summed E-state index contributed by atoms with van der Waals surface area (Å²) in [5.74, 6) is 1.38. The summed E-state index contributed by atoms with van der Waals surface area (Å²) < 4.78 is 10.6. The van der Waals surface area contributed by atoms with Crippen LogP contribution < -0.4 is 10.5 Å². The Morgan fingerprint density at radius 2 is 2.12 bits per heavy atom. The molecule has 4 nitrogen and oxygen atoms in total. The van der Waals surface area contributed by atoms with Crippen molar-refractivity contribution in [3.63, 3.8) is 0 Å². The quantitative estimate of drug-likeness (QED) is 0.881. The largest absolute Gasteiger partial charge is 0.497 e. The van der Waals surface area contributed by atoms with Gasteiger partial charge in [-0.25, -0.2) is 0 Å². The number of hydrogen-bond acceptors (Lipinski definition) is 3.